The second kappa shape index (κ2) is 5.27. The van der Waals surface area contributed by atoms with E-state index in [2.05, 4.69) is 10.2 Å². The van der Waals surface area contributed by atoms with Gasteiger partial charge in [-0.05, 0) is 44.0 Å². The van der Waals surface area contributed by atoms with Gasteiger partial charge in [-0.3, -0.25) is 0 Å². The van der Waals surface area contributed by atoms with Gasteiger partial charge in [0.25, 0.3) is 0 Å². The van der Waals surface area contributed by atoms with E-state index in [0.29, 0.717) is 16.1 Å². The summed E-state index contributed by atoms with van der Waals surface area (Å²) in [6.45, 7) is 3.58. The van der Waals surface area contributed by atoms with E-state index in [1.165, 1.54) is 25.9 Å². The summed E-state index contributed by atoms with van der Waals surface area (Å²) in [4.78, 5) is 2.87. The van der Waals surface area contributed by atoms with Gasteiger partial charge in [0, 0.05) is 18.3 Å². The molecule has 2 bridgehead atoms. The van der Waals surface area contributed by atoms with E-state index < -0.39 is 0 Å². The van der Waals surface area contributed by atoms with Crippen molar-refractivity contribution in [2.24, 2.45) is 11.7 Å². The van der Waals surface area contributed by atoms with Gasteiger partial charge < -0.3 is 16.0 Å². The van der Waals surface area contributed by atoms with E-state index in [1.807, 2.05) is 18.2 Å². The van der Waals surface area contributed by atoms with Gasteiger partial charge in [-0.2, -0.15) is 0 Å². The van der Waals surface area contributed by atoms with Crippen molar-refractivity contribution in [2.75, 3.05) is 25.0 Å². The molecule has 0 saturated carbocycles. The second-order valence-corrected chi connectivity index (χ2v) is 6.26. The summed E-state index contributed by atoms with van der Waals surface area (Å²) in [6.07, 6.45) is 2.56. The third-order valence-electron chi connectivity index (χ3n) is 4.26. The van der Waals surface area contributed by atoms with Gasteiger partial charge in [-0.15, -0.1) is 0 Å². The van der Waals surface area contributed by atoms with Crippen LogP contribution in [0.3, 0.4) is 0 Å². The molecule has 3 N–H and O–H groups in total. The zero-order chi connectivity index (χ0) is 13.4. The molecule has 1 aromatic rings. The van der Waals surface area contributed by atoms with E-state index in [0.717, 1.165) is 23.7 Å². The van der Waals surface area contributed by atoms with Crippen LogP contribution in [-0.2, 0) is 0 Å². The predicted molar refractivity (Wildman–Crippen MR) is 83.9 cm³/mol. The molecule has 3 aliphatic heterocycles. The molecule has 1 atom stereocenters. The van der Waals surface area contributed by atoms with Gasteiger partial charge in [0.1, 0.15) is 4.99 Å². The molecule has 5 heteroatoms. The van der Waals surface area contributed by atoms with Crippen LogP contribution in [0.15, 0.2) is 18.2 Å². The number of benzene rings is 1. The first-order valence-electron chi connectivity index (χ1n) is 6.72. The van der Waals surface area contributed by atoms with Crippen LogP contribution in [0.5, 0.6) is 0 Å². The molecule has 3 nitrogen and oxygen atoms in total. The minimum atomic E-state index is 0.356. The Morgan fingerprint density at radius 3 is 2.68 bits per heavy atom. The second-order valence-electron chi connectivity index (χ2n) is 5.42. The highest BCUT2D eigenvalue weighted by atomic mass is 35.5. The number of anilines is 1. The highest BCUT2D eigenvalue weighted by Gasteiger charge is 2.34. The Bertz CT molecular complexity index is 497. The minimum absolute atomic E-state index is 0.356. The molecule has 0 spiro atoms. The first-order valence-corrected chi connectivity index (χ1v) is 7.51. The Labute approximate surface area is 124 Å². The lowest BCUT2D eigenvalue weighted by Crippen LogP contribution is -2.53. The maximum atomic E-state index is 6.20. The third-order valence-corrected chi connectivity index (χ3v) is 4.78. The molecule has 1 unspecified atom stereocenters. The first-order chi connectivity index (χ1) is 9.15. The number of nitrogens with two attached hydrogens (primary N) is 1. The number of halogens is 1. The summed E-state index contributed by atoms with van der Waals surface area (Å²) in [5.74, 6) is 0.753. The molecular weight excluding hydrogens is 278 g/mol. The Kier molecular flexibility index (Phi) is 3.65. The average molecular weight is 296 g/mol. The normalized spacial score (nSPS) is 29.2. The number of rotatable bonds is 3. The summed E-state index contributed by atoms with van der Waals surface area (Å²) in [7, 11) is 0. The third kappa shape index (κ3) is 2.57. The summed E-state index contributed by atoms with van der Waals surface area (Å²) >= 11 is 11.3. The number of piperidine rings is 3. The smallest absolute Gasteiger partial charge is 0.107 e. The standard InChI is InChI=1S/C14H18ClN3S/c15-10-2-1-3-11(13(10)14(16)19)17-12-8-18-6-4-9(12)5-7-18/h1-3,9,12,17H,4-8H2,(H2,16,19). The van der Waals surface area contributed by atoms with Crippen molar-refractivity contribution in [1.82, 2.24) is 4.90 Å². The number of thiocarbonyl (C=S) groups is 1. The maximum absolute atomic E-state index is 6.20. The largest absolute Gasteiger partial charge is 0.389 e. The fourth-order valence-corrected chi connectivity index (χ4v) is 3.78. The number of hydrogen-bond donors (Lipinski definition) is 2. The van der Waals surface area contributed by atoms with Gasteiger partial charge in [-0.1, -0.05) is 29.9 Å². The van der Waals surface area contributed by atoms with Crippen molar-refractivity contribution < 1.29 is 0 Å². The van der Waals surface area contributed by atoms with Gasteiger partial charge in [0.05, 0.1) is 10.6 Å². The molecule has 0 aromatic heterocycles. The van der Waals surface area contributed by atoms with Crippen LogP contribution in [0.2, 0.25) is 5.02 Å². The van der Waals surface area contributed by atoms with E-state index >= 15 is 0 Å². The van der Waals surface area contributed by atoms with Crippen LogP contribution >= 0.6 is 23.8 Å². The fraction of sp³-hybridized carbons (Fsp3) is 0.500. The summed E-state index contributed by atoms with van der Waals surface area (Å²) in [5, 5.41) is 4.23. The molecular formula is C14H18ClN3S. The number of fused-ring (bicyclic) bond motifs is 3. The average Bonchev–Trinajstić information content (AvgIpc) is 2.39. The minimum Gasteiger partial charge on any atom is -0.389 e. The molecule has 0 amide bonds. The molecule has 3 heterocycles. The van der Waals surface area contributed by atoms with Crippen molar-refractivity contribution in [3.05, 3.63) is 28.8 Å². The van der Waals surface area contributed by atoms with E-state index in [-0.39, 0.29) is 0 Å². The van der Waals surface area contributed by atoms with Crippen molar-refractivity contribution in [3.63, 3.8) is 0 Å². The van der Waals surface area contributed by atoms with Crippen LogP contribution in [0.1, 0.15) is 18.4 Å². The Balaban J connectivity index is 1.84. The van der Waals surface area contributed by atoms with Gasteiger partial charge in [0.15, 0.2) is 0 Å². The molecule has 19 heavy (non-hydrogen) atoms. The SMILES string of the molecule is NC(=S)c1c(Cl)cccc1NC1CN2CCC1CC2. The number of nitrogens with one attached hydrogen (secondary N) is 1. The molecule has 3 aliphatic rings. The molecule has 0 radical (unpaired) electrons. The lowest BCUT2D eigenvalue weighted by Gasteiger charge is -2.45. The summed E-state index contributed by atoms with van der Waals surface area (Å²) < 4.78 is 0. The molecule has 1 aromatic carbocycles. The molecule has 4 rings (SSSR count). The highest BCUT2D eigenvalue weighted by molar-refractivity contribution is 7.80. The van der Waals surface area contributed by atoms with E-state index in [4.69, 9.17) is 29.6 Å². The predicted octanol–water partition coefficient (Wildman–Crippen LogP) is 2.48. The summed E-state index contributed by atoms with van der Waals surface area (Å²) in [5.41, 5.74) is 7.54. The van der Waals surface area contributed by atoms with Crippen LogP contribution in [0.25, 0.3) is 0 Å². The molecule has 3 fully saturated rings. The quantitative estimate of drug-likeness (QED) is 0.841. The van der Waals surface area contributed by atoms with Gasteiger partial charge in [-0.25, -0.2) is 0 Å². The lowest BCUT2D eigenvalue weighted by molar-refractivity contribution is 0.0975. The molecule has 102 valence electrons. The van der Waals surface area contributed by atoms with Crippen LogP contribution in [0.4, 0.5) is 5.69 Å². The van der Waals surface area contributed by atoms with Crippen molar-refractivity contribution in [3.8, 4) is 0 Å². The maximum Gasteiger partial charge on any atom is 0.107 e. The number of hydrogen-bond acceptors (Lipinski definition) is 3. The Morgan fingerprint density at radius 2 is 2.11 bits per heavy atom. The molecule has 0 aliphatic carbocycles. The van der Waals surface area contributed by atoms with Crippen molar-refractivity contribution in [1.29, 1.82) is 0 Å². The van der Waals surface area contributed by atoms with Gasteiger partial charge in [0.2, 0.25) is 0 Å². The lowest BCUT2D eigenvalue weighted by atomic mass is 9.84. The van der Waals surface area contributed by atoms with Crippen LogP contribution in [0, 0.1) is 5.92 Å². The Hall–Kier alpha value is -0.840. The van der Waals surface area contributed by atoms with Gasteiger partial charge >= 0.3 is 0 Å². The zero-order valence-corrected chi connectivity index (χ0v) is 12.3. The summed E-state index contributed by atoms with van der Waals surface area (Å²) in [6, 6.07) is 6.26. The highest BCUT2D eigenvalue weighted by Crippen LogP contribution is 2.32. The van der Waals surface area contributed by atoms with Crippen molar-refractivity contribution in [2.45, 2.75) is 18.9 Å². The Morgan fingerprint density at radius 1 is 1.37 bits per heavy atom. The van der Waals surface area contributed by atoms with Crippen LogP contribution < -0.4 is 11.1 Å². The monoisotopic (exact) mass is 295 g/mol. The molecule has 3 saturated heterocycles. The van der Waals surface area contributed by atoms with E-state index in [9.17, 15) is 0 Å². The fourth-order valence-electron chi connectivity index (χ4n) is 3.22. The number of nitrogens with zero attached hydrogens (tertiary/aromatic N) is 1. The first kappa shape index (κ1) is 13.2. The van der Waals surface area contributed by atoms with Crippen molar-refractivity contribution >= 4 is 34.5 Å². The topological polar surface area (TPSA) is 41.3 Å². The zero-order valence-electron chi connectivity index (χ0n) is 10.7. The van der Waals surface area contributed by atoms with E-state index in [1.54, 1.807) is 0 Å². The van der Waals surface area contributed by atoms with Crippen LogP contribution in [-0.4, -0.2) is 35.6 Å².